The van der Waals surface area contributed by atoms with Gasteiger partial charge in [-0.1, -0.05) is 30.3 Å². The summed E-state index contributed by atoms with van der Waals surface area (Å²) in [5, 5.41) is 18.7. The molecule has 0 aromatic heterocycles. The normalized spacial score (nSPS) is 25.8. The molecule has 0 aliphatic carbocycles. The second-order valence-electron chi connectivity index (χ2n) is 8.24. The van der Waals surface area contributed by atoms with E-state index in [-0.39, 0.29) is 36.1 Å². The minimum Gasteiger partial charge on any atom is -0.548 e. The molecule has 3 heterocycles. The van der Waals surface area contributed by atoms with Crippen molar-refractivity contribution in [3.05, 3.63) is 35.9 Å². The fourth-order valence-electron chi connectivity index (χ4n) is 4.18. The van der Waals surface area contributed by atoms with Crippen molar-refractivity contribution in [1.29, 1.82) is 0 Å². The van der Waals surface area contributed by atoms with Gasteiger partial charge < -0.3 is 30.8 Å². The molecule has 3 aliphatic rings. The molecule has 33 heavy (non-hydrogen) atoms. The third kappa shape index (κ3) is 4.57. The van der Waals surface area contributed by atoms with E-state index in [2.05, 4.69) is 16.0 Å². The fourth-order valence-corrected chi connectivity index (χ4v) is 5.80. The second kappa shape index (κ2) is 9.53. The van der Waals surface area contributed by atoms with E-state index in [0.717, 1.165) is 4.90 Å². The Morgan fingerprint density at radius 1 is 1.21 bits per heavy atom. The molecule has 11 nitrogen and oxygen atoms in total. The second-order valence-corrected chi connectivity index (χ2v) is 10.0. The molecule has 0 spiro atoms. The molecule has 13 heteroatoms. The Balaban J connectivity index is 0.00000306. The van der Waals surface area contributed by atoms with Gasteiger partial charge in [0.1, 0.15) is 17.5 Å². The molecular weight excluding hydrogens is 461 g/mol. The number of hydrogen-bond donors (Lipinski definition) is 3. The van der Waals surface area contributed by atoms with E-state index in [1.165, 1.54) is 16.7 Å². The van der Waals surface area contributed by atoms with E-state index in [0.29, 0.717) is 12.1 Å². The Morgan fingerprint density at radius 2 is 1.88 bits per heavy atom. The number of rotatable bonds is 5. The van der Waals surface area contributed by atoms with Crippen LogP contribution in [0.4, 0.5) is 9.59 Å². The smallest absolute Gasteiger partial charge is 0.548 e. The van der Waals surface area contributed by atoms with Crippen LogP contribution in [0.15, 0.2) is 30.3 Å². The van der Waals surface area contributed by atoms with Crippen molar-refractivity contribution in [2.45, 2.75) is 42.1 Å². The van der Waals surface area contributed by atoms with Crippen LogP contribution in [0.5, 0.6) is 0 Å². The molecule has 1 aromatic carbocycles. The molecule has 0 saturated carbocycles. The summed E-state index contributed by atoms with van der Waals surface area (Å²) in [6, 6.07) is 3.93. The SMILES string of the molecule is CC1(C)SC2[C@H](NC(=O)[C@H](NC(=O)N3CCNC3=O)c3ccccc3)C(=O)N2[C@H]1C(=O)[O-].[Na+]. The monoisotopic (exact) mass is 483 g/mol. The summed E-state index contributed by atoms with van der Waals surface area (Å²) < 4.78 is -0.783. The first-order valence-corrected chi connectivity index (χ1v) is 10.9. The minimum atomic E-state index is -1.35. The van der Waals surface area contributed by atoms with E-state index < -0.39 is 58.1 Å². The number of nitrogens with zero attached hydrogens (tertiary/aromatic N) is 2. The van der Waals surface area contributed by atoms with Crippen LogP contribution in [0.3, 0.4) is 0 Å². The van der Waals surface area contributed by atoms with Gasteiger partial charge in [-0.15, -0.1) is 11.8 Å². The molecule has 0 bridgehead atoms. The van der Waals surface area contributed by atoms with Crippen molar-refractivity contribution in [3.63, 3.8) is 0 Å². The van der Waals surface area contributed by atoms with Gasteiger partial charge in [0, 0.05) is 17.8 Å². The summed E-state index contributed by atoms with van der Waals surface area (Å²) in [5.74, 6) is -2.51. The average Bonchev–Trinajstić information content (AvgIpc) is 3.29. The van der Waals surface area contributed by atoms with E-state index in [1.54, 1.807) is 44.2 Å². The zero-order valence-electron chi connectivity index (χ0n) is 18.4. The maximum absolute atomic E-state index is 13.1. The Bertz CT molecular complexity index is 992. The van der Waals surface area contributed by atoms with Crippen molar-refractivity contribution in [2.24, 2.45) is 0 Å². The van der Waals surface area contributed by atoms with Gasteiger partial charge in [0.2, 0.25) is 11.8 Å². The number of hydrogen-bond acceptors (Lipinski definition) is 7. The summed E-state index contributed by atoms with van der Waals surface area (Å²) in [7, 11) is 0. The first-order chi connectivity index (χ1) is 15.1. The maximum Gasteiger partial charge on any atom is 1.00 e. The van der Waals surface area contributed by atoms with Gasteiger partial charge in [0.25, 0.3) is 0 Å². The third-order valence-corrected chi connectivity index (χ3v) is 7.30. The van der Waals surface area contributed by atoms with Crippen molar-refractivity contribution < 1.29 is 58.6 Å². The van der Waals surface area contributed by atoms with E-state index in [4.69, 9.17) is 0 Å². The van der Waals surface area contributed by atoms with Crippen LogP contribution in [0.25, 0.3) is 0 Å². The number of benzene rings is 1. The molecule has 170 valence electrons. The standard InChI is InChI=1S/C20H23N5O6S.Na/c1-20(2)13(17(28)29)25-15(27)12(16(25)32-20)22-14(26)11(10-6-4-3-5-7-10)23-19(31)24-9-8-21-18(24)30;/h3-7,11-13,16H,8-9H2,1-2H3,(H,21,30)(H,22,26)(H,23,31)(H,28,29);/q;+1/p-1/t11-,12-,13+,16?;/m1./s1. The molecule has 3 aliphatic heterocycles. The quantitative estimate of drug-likeness (QED) is 0.284. The van der Waals surface area contributed by atoms with E-state index in [9.17, 15) is 29.1 Å². The number of carbonyl (C=O) groups is 5. The van der Waals surface area contributed by atoms with Crippen LogP contribution in [-0.2, 0) is 14.4 Å². The number of carboxylic acid groups (broad SMARTS) is 1. The number of amides is 6. The molecule has 1 aromatic rings. The molecule has 0 radical (unpaired) electrons. The van der Waals surface area contributed by atoms with Gasteiger partial charge in [-0.05, 0) is 19.4 Å². The molecule has 4 atom stereocenters. The molecule has 6 amide bonds. The van der Waals surface area contributed by atoms with Crippen molar-refractivity contribution in [3.8, 4) is 0 Å². The number of urea groups is 2. The van der Waals surface area contributed by atoms with E-state index in [1.807, 2.05) is 0 Å². The molecule has 3 saturated heterocycles. The number of nitrogens with one attached hydrogen (secondary N) is 3. The molecule has 1 unspecified atom stereocenters. The minimum absolute atomic E-state index is 0. The Labute approximate surface area is 216 Å². The molecular formula is C20H22N5NaO6S. The fraction of sp³-hybridized carbons (Fsp3) is 0.450. The Hall–Kier alpha value is -2.28. The summed E-state index contributed by atoms with van der Waals surface area (Å²) in [6.07, 6.45) is 0. The predicted octanol–water partition coefficient (Wildman–Crippen LogP) is -4.24. The summed E-state index contributed by atoms with van der Waals surface area (Å²) >= 11 is 1.27. The van der Waals surface area contributed by atoms with Crippen molar-refractivity contribution in [2.75, 3.05) is 13.1 Å². The Morgan fingerprint density at radius 3 is 2.45 bits per heavy atom. The molecule has 3 fully saturated rings. The van der Waals surface area contributed by atoms with Crippen LogP contribution in [0.2, 0.25) is 0 Å². The number of imide groups is 1. The zero-order valence-corrected chi connectivity index (χ0v) is 21.2. The largest absolute Gasteiger partial charge is 1.00 e. The van der Waals surface area contributed by atoms with E-state index >= 15 is 0 Å². The van der Waals surface area contributed by atoms with Crippen LogP contribution in [0, 0.1) is 0 Å². The number of thioether (sulfide) groups is 1. The summed E-state index contributed by atoms with van der Waals surface area (Å²) in [4.78, 5) is 63.9. The van der Waals surface area contributed by atoms with Gasteiger partial charge in [-0.3, -0.25) is 9.59 Å². The number of aliphatic carboxylic acids is 1. The number of carboxylic acids is 1. The van der Waals surface area contributed by atoms with Gasteiger partial charge in [-0.2, -0.15) is 0 Å². The molecule has 3 N–H and O–H groups in total. The Kier molecular flexibility index (Phi) is 7.32. The maximum atomic E-state index is 13.1. The van der Waals surface area contributed by atoms with Gasteiger partial charge in [0.15, 0.2) is 0 Å². The first kappa shape index (κ1) is 25.3. The van der Waals surface area contributed by atoms with Gasteiger partial charge in [0.05, 0.1) is 12.0 Å². The molecule has 4 rings (SSSR count). The van der Waals surface area contributed by atoms with Crippen LogP contribution >= 0.6 is 11.8 Å². The number of fused-ring (bicyclic) bond motifs is 1. The summed E-state index contributed by atoms with van der Waals surface area (Å²) in [5.41, 5.74) is 0.466. The first-order valence-electron chi connectivity index (χ1n) is 10.0. The zero-order chi connectivity index (χ0) is 23.2. The predicted molar refractivity (Wildman–Crippen MR) is 111 cm³/mol. The van der Waals surface area contributed by atoms with Crippen LogP contribution < -0.4 is 50.6 Å². The van der Waals surface area contributed by atoms with Crippen LogP contribution in [0.1, 0.15) is 25.5 Å². The average molecular weight is 483 g/mol. The van der Waals surface area contributed by atoms with Gasteiger partial charge >= 0.3 is 41.6 Å². The number of β-lactam (4-membered cyclic amide) rings is 1. The van der Waals surface area contributed by atoms with Gasteiger partial charge in [-0.25, -0.2) is 14.5 Å². The van der Waals surface area contributed by atoms with Crippen molar-refractivity contribution >= 4 is 41.6 Å². The van der Waals surface area contributed by atoms with Crippen molar-refractivity contribution in [1.82, 2.24) is 25.8 Å². The van der Waals surface area contributed by atoms with Crippen LogP contribution in [-0.4, -0.2) is 74.9 Å². The third-order valence-electron chi connectivity index (χ3n) is 5.73. The topological polar surface area (TPSA) is 151 Å². The number of carbonyl (C=O) groups excluding carboxylic acids is 5. The summed E-state index contributed by atoms with van der Waals surface area (Å²) in [6.45, 7) is 3.89.